The molecule has 0 unspecified atom stereocenters. The molecule has 1 aliphatic rings. The number of ether oxygens (including phenoxy) is 2. The van der Waals surface area contributed by atoms with Gasteiger partial charge in [0.25, 0.3) is 0 Å². The van der Waals surface area contributed by atoms with E-state index in [2.05, 4.69) is 12.2 Å². The molecule has 72 valence electrons. The molecule has 0 bridgehead atoms. The van der Waals surface area contributed by atoms with Crippen molar-refractivity contribution >= 4 is 0 Å². The Bertz CT molecular complexity index is 119. The van der Waals surface area contributed by atoms with E-state index >= 15 is 0 Å². The monoisotopic (exact) mass is 173 g/mol. The summed E-state index contributed by atoms with van der Waals surface area (Å²) in [7, 11) is 1.70. The third-order valence-electron chi connectivity index (χ3n) is 2.32. The van der Waals surface area contributed by atoms with Gasteiger partial charge in [-0.3, -0.25) is 0 Å². The van der Waals surface area contributed by atoms with E-state index in [9.17, 15) is 0 Å². The van der Waals surface area contributed by atoms with E-state index in [1.807, 2.05) is 0 Å². The van der Waals surface area contributed by atoms with Gasteiger partial charge in [-0.1, -0.05) is 6.92 Å². The number of nitrogens with one attached hydrogen (secondary N) is 1. The predicted molar refractivity (Wildman–Crippen MR) is 48.3 cm³/mol. The molecular weight excluding hydrogens is 154 g/mol. The van der Waals surface area contributed by atoms with Crippen molar-refractivity contribution in [2.75, 3.05) is 26.9 Å². The van der Waals surface area contributed by atoms with E-state index in [0.717, 1.165) is 19.6 Å². The summed E-state index contributed by atoms with van der Waals surface area (Å²) in [5, 5.41) is 3.42. The second kappa shape index (κ2) is 5.51. The Morgan fingerprint density at radius 3 is 2.83 bits per heavy atom. The van der Waals surface area contributed by atoms with E-state index < -0.39 is 0 Å². The van der Waals surface area contributed by atoms with Gasteiger partial charge in [0.2, 0.25) is 0 Å². The van der Waals surface area contributed by atoms with Gasteiger partial charge in [-0.25, -0.2) is 0 Å². The highest BCUT2D eigenvalue weighted by Gasteiger charge is 2.22. The first-order chi connectivity index (χ1) is 5.86. The van der Waals surface area contributed by atoms with Gasteiger partial charge in [-0.05, 0) is 12.8 Å². The van der Waals surface area contributed by atoms with Gasteiger partial charge < -0.3 is 14.8 Å². The molecular formula is C9H19NO2. The first-order valence-corrected chi connectivity index (χ1v) is 4.70. The number of methoxy groups -OCH3 is 1. The van der Waals surface area contributed by atoms with Crippen molar-refractivity contribution in [3.63, 3.8) is 0 Å². The van der Waals surface area contributed by atoms with E-state index in [4.69, 9.17) is 9.47 Å². The van der Waals surface area contributed by atoms with Crippen LogP contribution in [-0.2, 0) is 9.47 Å². The lowest BCUT2D eigenvalue weighted by atomic mass is 10.1. The molecule has 0 aliphatic carbocycles. The quantitative estimate of drug-likeness (QED) is 0.623. The molecule has 1 fully saturated rings. The molecule has 0 aromatic rings. The topological polar surface area (TPSA) is 30.5 Å². The molecule has 0 amide bonds. The Balaban J connectivity index is 2.03. The first kappa shape index (κ1) is 9.96. The molecule has 0 aromatic heterocycles. The molecule has 0 spiro atoms. The van der Waals surface area contributed by atoms with Crippen molar-refractivity contribution < 1.29 is 9.47 Å². The van der Waals surface area contributed by atoms with Crippen LogP contribution in [0.3, 0.4) is 0 Å². The molecule has 1 heterocycles. The fourth-order valence-corrected chi connectivity index (χ4v) is 1.52. The third kappa shape index (κ3) is 3.09. The standard InChI is InChI=1S/C9H19NO2/c1-3-8-6-9(7-10-8)12-5-4-11-2/h8-10H,3-7H2,1-2H3/t8-,9-/m0/s1. The normalized spacial score (nSPS) is 29.5. The maximum atomic E-state index is 5.59. The van der Waals surface area contributed by atoms with Crippen molar-refractivity contribution in [3.8, 4) is 0 Å². The zero-order chi connectivity index (χ0) is 8.81. The number of hydrogen-bond acceptors (Lipinski definition) is 3. The Morgan fingerprint density at radius 2 is 2.25 bits per heavy atom. The zero-order valence-corrected chi connectivity index (χ0v) is 8.01. The van der Waals surface area contributed by atoms with Crippen LogP contribution < -0.4 is 5.32 Å². The van der Waals surface area contributed by atoms with Crippen molar-refractivity contribution in [1.82, 2.24) is 5.32 Å². The van der Waals surface area contributed by atoms with Crippen molar-refractivity contribution in [3.05, 3.63) is 0 Å². The Kier molecular flexibility index (Phi) is 4.58. The number of hydrogen-bond donors (Lipinski definition) is 1. The van der Waals surface area contributed by atoms with Gasteiger partial charge in [0.05, 0.1) is 19.3 Å². The lowest BCUT2D eigenvalue weighted by Crippen LogP contribution is -2.21. The van der Waals surface area contributed by atoms with Crippen LogP contribution in [0.5, 0.6) is 0 Å². The molecule has 0 radical (unpaired) electrons. The predicted octanol–water partition coefficient (Wildman–Crippen LogP) is 0.790. The van der Waals surface area contributed by atoms with Crippen molar-refractivity contribution in [1.29, 1.82) is 0 Å². The summed E-state index contributed by atoms with van der Waals surface area (Å²) in [6.45, 7) is 4.63. The van der Waals surface area contributed by atoms with Crippen LogP contribution in [-0.4, -0.2) is 39.0 Å². The Hall–Kier alpha value is -0.120. The molecule has 1 aliphatic heterocycles. The summed E-state index contributed by atoms with van der Waals surface area (Å²) < 4.78 is 10.5. The zero-order valence-electron chi connectivity index (χ0n) is 8.01. The highest BCUT2D eigenvalue weighted by atomic mass is 16.5. The largest absolute Gasteiger partial charge is 0.382 e. The van der Waals surface area contributed by atoms with Crippen molar-refractivity contribution in [2.45, 2.75) is 31.9 Å². The second-order valence-corrected chi connectivity index (χ2v) is 3.23. The Morgan fingerprint density at radius 1 is 1.42 bits per heavy atom. The van der Waals surface area contributed by atoms with Crippen molar-refractivity contribution in [2.24, 2.45) is 0 Å². The molecule has 1 rings (SSSR count). The summed E-state index contributed by atoms with van der Waals surface area (Å²) in [5.41, 5.74) is 0. The van der Waals surface area contributed by atoms with Crippen LogP contribution in [0.15, 0.2) is 0 Å². The van der Waals surface area contributed by atoms with Crippen LogP contribution in [0.1, 0.15) is 19.8 Å². The summed E-state index contributed by atoms with van der Waals surface area (Å²) in [6, 6.07) is 0.664. The fraction of sp³-hybridized carbons (Fsp3) is 1.00. The molecule has 0 saturated carbocycles. The summed E-state index contributed by atoms with van der Waals surface area (Å²) in [4.78, 5) is 0. The summed E-state index contributed by atoms with van der Waals surface area (Å²) in [5.74, 6) is 0. The molecule has 0 aromatic carbocycles. The van der Waals surface area contributed by atoms with E-state index in [1.165, 1.54) is 6.42 Å². The molecule has 3 heteroatoms. The van der Waals surface area contributed by atoms with Crippen LogP contribution in [0.4, 0.5) is 0 Å². The lowest BCUT2D eigenvalue weighted by Gasteiger charge is -2.09. The van der Waals surface area contributed by atoms with Gasteiger partial charge in [0, 0.05) is 19.7 Å². The van der Waals surface area contributed by atoms with Crippen LogP contribution >= 0.6 is 0 Å². The van der Waals surface area contributed by atoms with Crippen LogP contribution in [0.2, 0.25) is 0 Å². The van der Waals surface area contributed by atoms with E-state index in [1.54, 1.807) is 7.11 Å². The van der Waals surface area contributed by atoms with Crippen LogP contribution in [0.25, 0.3) is 0 Å². The van der Waals surface area contributed by atoms with Gasteiger partial charge in [0.15, 0.2) is 0 Å². The minimum Gasteiger partial charge on any atom is -0.382 e. The fourth-order valence-electron chi connectivity index (χ4n) is 1.52. The molecule has 3 nitrogen and oxygen atoms in total. The highest BCUT2D eigenvalue weighted by Crippen LogP contribution is 2.12. The minimum absolute atomic E-state index is 0.407. The first-order valence-electron chi connectivity index (χ1n) is 4.70. The van der Waals surface area contributed by atoms with Gasteiger partial charge in [-0.15, -0.1) is 0 Å². The highest BCUT2D eigenvalue weighted by molar-refractivity contribution is 4.80. The van der Waals surface area contributed by atoms with E-state index in [0.29, 0.717) is 18.8 Å². The van der Waals surface area contributed by atoms with Gasteiger partial charge in [-0.2, -0.15) is 0 Å². The molecule has 1 N–H and O–H groups in total. The summed E-state index contributed by atoms with van der Waals surface area (Å²) >= 11 is 0. The maximum Gasteiger partial charge on any atom is 0.0715 e. The smallest absolute Gasteiger partial charge is 0.0715 e. The molecule has 12 heavy (non-hydrogen) atoms. The van der Waals surface area contributed by atoms with Crippen LogP contribution in [0, 0.1) is 0 Å². The van der Waals surface area contributed by atoms with E-state index in [-0.39, 0.29) is 0 Å². The third-order valence-corrected chi connectivity index (χ3v) is 2.32. The maximum absolute atomic E-state index is 5.59. The average molecular weight is 173 g/mol. The summed E-state index contributed by atoms with van der Waals surface area (Å²) in [6.07, 6.45) is 2.76. The van der Waals surface area contributed by atoms with Gasteiger partial charge >= 0.3 is 0 Å². The SMILES string of the molecule is CC[C@H]1C[C@H](OCCOC)CN1. The van der Waals surface area contributed by atoms with Gasteiger partial charge in [0.1, 0.15) is 0 Å². The number of rotatable bonds is 5. The Labute approximate surface area is 74.4 Å². The second-order valence-electron chi connectivity index (χ2n) is 3.23. The minimum atomic E-state index is 0.407. The lowest BCUT2D eigenvalue weighted by molar-refractivity contribution is 0.0261. The average Bonchev–Trinajstić information content (AvgIpc) is 2.53. The molecule has 1 saturated heterocycles. The molecule has 2 atom stereocenters.